The third-order valence-electron chi connectivity index (χ3n) is 4.58. The molecule has 0 aliphatic carbocycles. The molecule has 2 amide bonds. The normalized spacial score (nSPS) is 13.4. The van der Waals surface area contributed by atoms with E-state index in [2.05, 4.69) is 0 Å². The highest BCUT2D eigenvalue weighted by Crippen LogP contribution is 2.31. The standard InChI is InChI=1S/C22H24ClF2N3O3/c1-3-16(24)12-22(2,21(30)27-26)28(17-9-10-19(25)18(23)11-17)20(29)14-31-13-15-7-5-4-6-8-15/h4-12H,3,13-14,26H2,1-2H3,(H,27,30)/b16-12+. The van der Waals surface area contributed by atoms with Crippen molar-refractivity contribution in [1.29, 1.82) is 0 Å². The lowest BCUT2D eigenvalue weighted by molar-refractivity contribution is -0.130. The topological polar surface area (TPSA) is 84.7 Å². The molecule has 2 aromatic carbocycles. The predicted octanol–water partition coefficient (Wildman–Crippen LogP) is 4.04. The number of amides is 2. The van der Waals surface area contributed by atoms with Gasteiger partial charge in [0, 0.05) is 5.69 Å². The smallest absolute Gasteiger partial charge is 0.264 e. The number of hydrazine groups is 1. The number of nitrogens with two attached hydrogens (primary N) is 1. The Morgan fingerprint density at radius 2 is 1.94 bits per heavy atom. The van der Waals surface area contributed by atoms with Gasteiger partial charge in [-0.1, -0.05) is 48.9 Å². The summed E-state index contributed by atoms with van der Waals surface area (Å²) < 4.78 is 33.5. The molecule has 0 fully saturated rings. The Bertz CT molecular complexity index is 956. The summed E-state index contributed by atoms with van der Waals surface area (Å²) in [6.07, 6.45) is 0.978. The average molecular weight is 452 g/mol. The number of carbonyl (C=O) groups excluding carboxylic acids is 2. The van der Waals surface area contributed by atoms with Crippen LogP contribution >= 0.6 is 11.6 Å². The molecule has 3 N–H and O–H groups in total. The third kappa shape index (κ3) is 6.10. The molecule has 0 aliphatic heterocycles. The molecule has 0 heterocycles. The van der Waals surface area contributed by atoms with Gasteiger partial charge in [-0.3, -0.25) is 19.9 Å². The van der Waals surface area contributed by atoms with Crippen LogP contribution in [0.15, 0.2) is 60.4 Å². The summed E-state index contributed by atoms with van der Waals surface area (Å²) in [6, 6.07) is 12.6. The third-order valence-corrected chi connectivity index (χ3v) is 4.87. The molecule has 166 valence electrons. The van der Waals surface area contributed by atoms with E-state index in [0.29, 0.717) is 0 Å². The van der Waals surface area contributed by atoms with Crippen molar-refractivity contribution in [3.8, 4) is 0 Å². The number of ether oxygens (including phenoxy) is 1. The SMILES string of the molecule is CC/C(F)=C\C(C)(C(=O)NN)N(C(=O)COCc1ccccc1)c1ccc(F)c(Cl)c1. The number of carbonyl (C=O) groups is 2. The lowest BCUT2D eigenvalue weighted by Crippen LogP contribution is -2.60. The summed E-state index contributed by atoms with van der Waals surface area (Å²) in [5, 5.41) is -0.268. The summed E-state index contributed by atoms with van der Waals surface area (Å²) >= 11 is 5.88. The van der Waals surface area contributed by atoms with Crippen molar-refractivity contribution in [2.24, 2.45) is 5.84 Å². The van der Waals surface area contributed by atoms with Crippen molar-refractivity contribution in [2.75, 3.05) is 11.5 Å². The molecule has 0 saturated heterocycles. The monoisotopic (exact) mass is 451 g/mol. The molecule has 1 atom stereocenters. The molecule has 2 rings (SSSR count). The molecule has 1 unspecified atom stereocenters. The van der Waals surface area contributed by atoms with E-state index in [1.54, 1.807) is 6.92 Å². The molecule has 0 aliphatic rings. The number of halogens is 3. The number of hydrogen-bond donors (Lipinski definition) is 2. The number of hydrogen-bond acceptors (Lipinski definition) is 4. The van der Waals surface area contributed by atoms with Gasteiger partial charge in [0.25, 0.3) is 11.8 Å². The van der Waals surface area contributed by atoms with Crippen LogP contribution in [0.1, 0.15) is 25.8 Å². The van der Waals surface area contributed by atoms with Crippen molar-refractivity contribution in [2.45, 2.75) is 32.4 Å². The molecule has 0 spiro atoms. The maximum absolute atomic E-state index is 14.3. The molecule has 6 nitrogen and oxygen atoms in total. The first-order chi connectivity index (χ1) is 14.7. The Balaban J connectivity index is 2.44. The Labute approximate surface area is 184 Å². The highest BCUT2D eigenvalue weighted by molar-refractivity contribution is 6.31. The fourth-order valence-electron chi connectivity index (χ4n) is 2.98. The van der Waals surface area contributed by atoms with Gasteiger partial charge in [-0.15, -0.1) is 0 Å². The average Bonchev–Trinajstić information content (AvgIpc) is 2.76. The van der Waals surface area contributed by atoms with Gasteiger partial charge in [0.05, 0.1) is 17.5 Å². The minimum absolute atomic E-state index is 0.00977. The molecular formula is C22H24ClF2N3O3. The van der Waals surface area contributed by atoms with Gasteiger partial charge >= 0.3 is 0 Å². The summed E-state index contributed by atoms with van der Waals surface area (Å²) in [6.45, 7) is 2.58. The maximum Gasteiger partial charge on any atom is 0.264 e. The van der Waals surface area contributed by atoms with Crippen LogP contribution < -0.4 is 16.2 Å². The van der Waals surface area contributed by atoms with Crippen LogP contribution in [0.4, 0.5) is 14.5 Å². The van der Waals surface area contributed by atoms with Crippen LogP contribution in [0.2, 0.25) is 5.02 Å². The van der Waals surface area contributed by atoms with Gasteiger partial charge in [-0.2, -0.15) is 0 Å². The number of rotatable bonds is 9. The molecule has 31 heavy (non-hydrogen) atoms. The van der Waals surface area contributed by atoms with Crippen molar-refractivity contribution in [3.63, 3.8) is 0 Å². The van der Waals surface area contributed by atoms with E-state index in [-0.39, 0.29) is 23.7 Å². The first kappa shape index (κ1) is 24.5. The molecule has 2 aromatic rings. The zero-order valence-electron chi connectivity index (χ0n) is 17.2. The van der Waals surface area contributed by atoms with E-state index in [1.807, 2.05) is 35.8 Å². The molecule has 0 radical (unpaired) electrons. The number of nitrogens with zero attached hydrogens (tertiary/aromatic N) is 1. The fraction of sp³-hybridized carbons (Fsp3) is 0.273. The van der Waals surface area contributed by atoms with Gasteiger partial charge in [-0.05, 0) is 43.2 Å². The Hall–Kier alpha value is -2.81. The van der Waals surface area contributed by atoms with Crippen molar-refractivity contribution >= 4 is 29.1 Å². The summed E-state index contributed by atoms with van der Waals surface area (Å²) in [4.78, 5) is 26.8. The first-order valence-electron chi connectivity index (χ1n) is 9.51. The van der Waals surface area contributed by atoms with Gasteiger partial charge in [-0.25, -0.2) is 14.6 Å². The number of benzene rings is 2. The fourth-order valence-corrected chi connectivity index (χ4v) is 3.15. The minimum atomic E-state index is -1.87. The molecular weight excluding hydrogens is 428 g/mol. The van der Waals surface area contributed by atoms with Crippen LogP contribution in [-0.2, 0) is 20.9 Å². The van der Waals surface area contributed by atoms with E-state index < -0.39 is 35.6 Å². The second kappa shape index (κ2) is 11.0. The number of anilines is 1. The molecule has 0 saturated carbocycles. The van der Waals surface area contributed by atoms with Gasteiger partial charge < -0.3 is 4.74 Å². The van der Waals surface area contributed by atoms with Crippen LogP contribution in [0, 0.1) is 5.82 Å². The largest absolute Gasteiger partial charge is 0.367 e. The second-order valence-corrected chi connectivity index (χ2v) is 7.28. The Morgan fingerprint density at radius 3 is 2.52 bits per heavy atom. The minimum Gasteiger partial charge on any atom is -0.367 e. The second-order valence-electron chi connectivity index (χ2n) is 6.87. The number of nitrogens with one attached hydrogen (secondary N) is 1. The van der Waals surface area contributed by atoms with Crippen LogP contribution in [0.25, 0.3) is 0 Å². The molecule has 9 heteroatoms. The highest BCUT2D eigenvalue weighted by Gasteiger charge is 2.42. The zero-order valence-corrected chi connectivity index (χ0v) is 18.0. The summed E-state index contributed by atoms with van der Waals surface area (Å²) in [5.74, 6) is 2.44. The molecule has 0 bridgehead atoms. The quantitative estimate of drug-likeness (QED) is 0.342. The van der Waals surface area contributed by atoms with E-state index in [1.165, 1.54) is 19.1 Å². The van der Waals surface area contributed by atoms with E-state index >= 15 is 0 Å². The lowest BCUT2D eigenvalue weighted by atomic mass is 9.95. The van der Waals surface area contributed by atoms with Crippen LogP contribution in [-0.4, -0.2) is 24.0 Å². The Kier molecular flexibility index (Phi) is 8.67. The van der Waals surface area contributed by atoms with Gasteiger partial charge in [0.2, 0.25) is 0 Å². The Morgan fingerprint density at radius 1 is 1.26 bits per heavy atom. The van der Waals surface area contributed by atoms with Crippen LogP contribution in [0.3, 0.4) is 0 Å². The number of allylic oxidation sites excluding steroid dienone is 1. The van der Waals surface area contributed by atoms with Crippen molar-refractivity contribution < 1.29 is 23.1 Å². The highest BCUT2D eigenvalue weighted by atomic mass is 35.5. The maximum atomic E-state index is 14.3. The van der Waals surface area contributed by atoms with Crippen molar-refractivity contribution in [3.05, 3.63) is 76.8 Å². The van der Waals surface area contributed by atoms with E-state index in [0.717, 1.165) is 22.6 Å². The lowest BCUT2D eigenvalue weighted by Gasteiger charge is -2.37. The summed E-state index contributed by atoms with van der Waals surface area (Å²) in [5.41, 5.74) is 0.998. The predicted molar refractivity (Wildman–Crippen MR) is 115 cm³/mol. The van der Waals surface area contributed by atoms with E-state index in [4.69, 9.17) is 22.2 Å². The van der Waals surface area contributed by atoms with Crippen molar-refractivity contribution in [1.82, 2.24) is 5.43 Å². The zero-order chi connectivity index (χ0) is 23.0. The van der Waals surface area contributed by atoms with Gasteiger partial charge in [0.15, 0.2) is 0 Å². The first-order valence-corrected chi connectivity index (χ1v) is 9.88. The summed E-state index contributed by atoms with van der Waals surface area (Å²) in [7, 11) is 0. The molecule has 0 aromatic heterocycles. The van der Waals surface area contributed by atoms with Gasteiger partial charge in [0.1, 0.15) is 18.0 Å². The van der Waals surface area contributed by atoms with Crippen LogP contribution in [0.5, 0.6) is 0 Å². The van der Waals surface area contributed by atoms with E-state index in [9.17, 15) is 18.4 Å².